The molecule has 100 valence electrons. The maximum absolute atomic E-state index is 3.77. The first-order valence-corrected chi connectivity index (χ1v) is 7.21. The fourth-order valence-electron chi connectivity index (χ4n) is 2.93. The minimum absolute atomic E-state index is 0.719. The van der Waals surface area contributed by atoms with Crippen LogP contribution in [0.4, 0.5) is 0 Å². The lowest BCUT2D eigenvalue weighted by atomic mass is 10.0. The average molecular weight is 239 g/mol. The molecule has 3 heteroatoms. The molecule has 0 aromatic rings. The third-order valence-corrected chi connectivity index (χ3v) is 4.06. The molecule has 1 heterocycles. The van der Waals surface area contributed by atoms with Crippen LogP contribution in [0.5, 0.6) is 0 Å². The van der Waals surface area contributed by atoms with Crippen molar-refractivity contribution in [1.29, 1.82) is 0 Å². The van der Waals surface area contributed by atoms with Gasteiger partial charge in [0.05, 0.1) is 0 Å². The Morgan fingerprint density at radius 3 is 2.41 bits per heavy atom. The van der Waals surface area contributed by atoms with Crippen molar-refractivity contribution >= 4 is 0 Å². The van der Waals surface area contributed by atoms with Gasteiger partial charge in [0.1, 0.15) is 0 Å². The van der Waals surface area contributed by atoms with E-state index in [9.17, 15) is 0 Å². The smallest absolute Gasteiger partial charge is 0.0246 e. The molecule has 2 atom stereocenters. The summed E-state index contributed by atoms with van der Waals surface area (Å²) in [6.07, 6.45) is 4.15. The maximum Gasteiger partial charge on any atom is 0.0246 e. The summed E-state index contributed by atoms with van der Waals surface area (Å²) in [6.45, 7) is 8.44. The monoisotopic (exact) mass is 239 g/mol. The fourth-order valence-corrected chi connectivity index (χ4v) is 2.93. The van der Waals surface area contributed by atoms with Crippen LogP contribution in [0.2, 0.25) is 0 Å². The summed E-state index contributed by atoms with van der Waals surface area (Å²) >= 11 is 0. The summed E-state index contributed by atoms with van der Waals surface area (Å²) in [5.74, 6) is 0.747. The molecular formula is C14H29N3. The third-order valence-electron chi connectivity index (χ3n) is 4.06. The van der Waals surface area contributed by atoms with Crippen LogP contribution in [-0.4, -0.2) is 61.7 Å². The van der Waals surface area contributed by atoms with Crippen LogP contribution < -0.4 is 5.32 Å². The predicted molar refractivity (Wildman–Crippen MR) is 73.3 cm³/mol. The molecule has 0 bridgehead atoms. The van der Waals surface area contributed by atoms with Gasteiger partial charge in [-0.3, -0.25) is 4.90 Å². The van der Waals surface area contributed by atoms with E-state index in [0.29, 0.717) is 0 Å². The standard InChI is InChI=1S/C14H29N3/c1-11(2)14(10-16(3)4)17-8-7-13(9-17)15-12-5-6-12/h11-15H,5-10H2,1-4H3. The van der Waals surface area contributed by atoms with Crippen molar-refractivity contribution in [1.82, 2.24) is 15.1 Å². The van der Waals surface area contributed by atoms with E-state index in [1.807, 2.05) is 0 Å². The average Bonchev–Trinajstić information content (AvgIpc) is 2.91. The molecule has 0 amide bonds. The molecule has 1 aliphatic carbocycles. The predicted octanol–water partition coefficient (Wildman–Crippen LogP) is 1.40. The highest BCUT2D eigenvalue weighted by atomic mass is 15.2. The van der Waals surface area contributed by atoms with Gasteiger partial charge in [0, 0.05) is 37.8 Å². The van der Waals surface area contributed by atoms with Gasteiger partial charge in [-0.1, -0.05) is 13.8 Å². The Morgan fingerprint density at radius 1 is 1.18 bits per heavy atom. The lowest BCUT2D eigenvalue weighted by molar-refractivity contribution is 0.149. The number of hydrogen-bond donors (Lipinski definition) is 1. The van der Waals surface area contributed by atoms with E-state index < -0.39 is 0 Å². The summed E-state index contributed by atoms with van der Waals surface area (Å²) in [5.41, 5.74) is 0. The molecule has 0 radical (unpaired) electrons. The molecule has 17 heavy (non-hydrogen) atoms. The zero-order valence-electron chi connectivity index (χ0n) is 11.9. The van der Waals surface area contributed by atoms with Crippen LogP contribution in [0.15, 0.2) is 0 Å². The SMILES string of the molecule is CC(C)C(CN(C)C)N1CCC(NC2CC2)C1. The van der Waals surface area contributed by atoms with E-state index in [-0.39, 0.29) is 0 Å². The van der Waals surface area contributed by atoms with Crippen LogP contribution in [0.3, 0.4) is 0 Å². The second-order valence-electron chi connectivity index (χ2n) is 6.50. The number of rotatable bonds is 6. The molecule has 1 saturated carbocycles. The number of nitrogens with one attached hydrogen (secondary N) is 1. The van der Waals surface area contributed by atoms with Crippen molar-refractivity contribution < 1.29 is 0 Å². The Kier molecular flexibility index (Phi) is 4.45. The zero-order chi connectivity index (χ0) is 12.4. The lowest BCUT2D eigenvalue weighted by Gasteiger charge is -2.33. The van der Waals surface area contributed by atoms with E-state index >= 15 is 0 Å². The molecule has 2 aliphatic rings. The Morgan fingerprint density at radius 2 is 1.88 bits per heavy atom. The van der Waals surface area contributed by atoms with Crippen LogP contribution in [0.1, 0.15) is 33.1 Å². The first-order chi connectivity index (χ1) is 8.06. The van der Waals surface area contributed by atoms with E-state index in [0.717, 1.165) is 24.0 Å². The summed E-state index contributed by atoms with van der Waals surface area (Å²) < 4.78 is 0. The van der Waals surface area contributed by atoms with Crippen molar-refractivity contribution in [2.75, 3.05) is 33.7 Å². The molecule has 0 spiro atoms. The second-order valence-corrected chi connectivity index (χ2v) is 6.50. The van der Waals surface area contributed by atoms with E-state index in [2.05, 4.69) is 43.1 Å². The molecule has 1 saturated heterocycles. The summed E-state index contributed by atoms with van der Waals surface area (Å²) in [5, 5.41) is 3.77. The Labute approximate surface area is 107 Å². The van der Waals surface area contributed by atoms with Crippen molar-refractivity contribution in [3.63, 3.8) is 0 Å². The van der Waals surface area contributed by atoms with Crippen molar-refractivity contribution in [2.45, 2.75) is 51.2 Å². The van der Waals surface area contributed by atoms with Crippen LogP contribution in [0.25, 0.3) is 0 Å². The molecule has 1 N–H and O–H groups in total. The Bertz CT molecular complexity index is 236. The highest BCUT2D eigenvalue weighted by Crippen LogP contribution is 2.24. The van der Waals surface area contributed by atoms with Crippen molar-refractivity contribution in [3.8, 4) is 0 Å². The van der Waals surface area contributed by atoms with Crippen LogP contribution in [0, 0.1) is 5.92 Å². The van der Waals surface area contributed by atoms with Gasteiger partial charge in [0.15, 0.2) is 0 Å². The summed E-state index contributed by atoms with van der Waals surface area (Å²) in [6, 6.07) is 2.33. The zero-order valence-corrected chi connectivity index (χ0v) is 11.9. The van der Waals surface area contributed by atoms with Crippen LogP contribution >= 0.6 is 0 Å². The summed E-state index contributed by atoms with van der Waals surface area (Å²) in [4.78, 5) is 5.02. The number of hydrogen-bond acceptors (Lipinski definition) is 3. The maximum atomic E-state index is 3.77. The van der Waals surface area contributed by atoms with E-state index in [1.165, 1.54) is 38.9 Å². The first-order valence-electron chi connectivity index (χ1n) is 7.21. The normalized spacial score (nSPS) is 28.2. The second kappa shape index (κ2) is 5.68. The highest BCUT2D eigenvalue weighted by Gasteiger charge is 2.33. The lowest BCUT2D eigenvalue weighted by Crippen LogP contribution is -2.45. The quantitative estimate of drug-likeness (QED) is 0.756. The van der Waals surface area contributed by atoms with Gasteiger partial charge in [-0.15, -0.1) is 0 Å². The molecule has 0 aromatic carbocycles. The first kappa shape index (κ1) is 13.3. The van der Waals surface area contributed by atoms with Gasteiger partial charge >= 0.3 is 0 Å². The minimum Gasteiger partial charge on any atom is -0.310 e. The number of likely N-dealkylation sites (N-methyl/N-ethyl adjacent to an activating group) is 1. The largest absolute Gasteiger partial charge is 0.310 e. The molecule has 1 aliphatic heterocycles. The topological polar surface area (TPSA) is 18.5 Å². The van der Waals surface area contributed by atoms with Gasteiger partial charge in [0.25, 0.3) is 0 Å². The van der Waals surface area contributed by atoms with Gasteiger partial charge in [-0.25, -0.2) is 0 Å². The van der Waals surface area contributed by atoms with Crippen molar-refractivity contribution in [3.05, 3.63) is 0 Å². The van der Waals surface area contributed by atoms with Gasteiger partial charge in [0.2, 0.25) is 0 Å². The molecule has 3 nitrogen and oxygen atoms in total. The number of nitrogens with zero attached hydrogens (tertiary/aromatic N) is 2. The number of likely N-dealkylation sites (tertiary alicyclic amines) is 1. The summed E-state index contributed by atoms with van der Waals surface area (Å²) in [7, 11) is 4.37. The molecule has 2 rings (SSSR count). The van der Waals surface area contributed by atoms with Gasteiger partial charge < -0.3 is 10.2 Å². The Balaban J connectivity index is 1.82. The van der Waals surface area contributed by atoms with Gasteiger partial charge in [-0.05, 0) is 39.3 Å². The highest BCUT2D eigenvalue weighted by molar-refractivity contribution is 4.92. The molecule has 2 fully saturated rings. The van der Waals surface area contributed by atoms with Crippen LogP contribution in [-0.2, 0) is 0 Å². The molecule has 0 aromatic heterocycles. The Hall–Kier alpha value is -0.120. The van der Waals surface area contributed by atoms with Crippen molar-refractivity contribution in [2.24, 2.45) is 5.92 Å². The fraction of sp³-hybridized carbons (Fsp3) is 1.00. The molecular weight excluding hydrogens is 210 g/mol. The molecule has 2 unspecified atom stereocenters. The van der Waals surface area contributed by atoms with E-state index in [4.69, 9.17) is 0 Å². The minimum atomic E-state index is 0.719. The third kappa shape index (κ3) is 3.94. The van der Waals surface area contributed by atoms with E-state index in [1.54, 1.807) is 0 Å². The van der Waals surface area contributed by atoms with Gasteiger partial charge in [-0.2, -0.15) is 0 Å².